The van der Waals surface area contributed by atoms with E-state index in [1.807, 2.05) is 26.1 Å². The smallest absolute Gasteiger partial charge is 0.123 e. The SMILES string of the molecule is Cc1ccc(F)cc1Cn1c(CNC2CC2)cnc1C. The number of nitrogens with one attached hydrogen (secondary N) is 1. The maximum atomic E-state index is 13.4. The molecule has 1 aromatic carbocycles. The Morgan fingerprint density at radius 2 is 2.15 bits per heavy atom. The molecule has 0 amide bonds. The summed E-state index contributed by atoms with van der Waals surface area (Å²) >= 11 is 0. The van der Waals surface area contributed by atoms with Crippen molar-refractivity contribution in [1.29, 1.82) is 0 Å². The fourth-order valence-corrected chi connectivity index (χ4v) is 2.39. The molecule has 3 nitrogen and oxygen atoms in total. The average Bonchev–Trinajstić information content (AvgIpc) is 3.19. The van der Waals surface area contributed by atoms with Crippen molar-refractivity contribution in [1.82, 2.24) is 14.9 Å². The average molecular weight is 273 g/mol. The van der Waals surface area contributed by atoms with E-state index in [9.17, 15) is 4.39 Å². The molecule has 0 aliphatic heterocycles. The van der Waals surface area contributed by atoms with Crippen molar-refractivity contribution < 1.29 is 4.39 Å². The zero-order chi connectivity index (χ0) is 14.1. The fourth-order valence-electron chi connectivity index (χ4n) is 2.39. The molecule has 0 atom stereocenters. The third-order valence-electron chi connectivity index (χ3n) is 3.93. The van der Waals surface area contributed by atoms with Crippen molar-refractivity contribution in [2.45, 2.75) is 45.8 Å². The van der Waals surface area contributed by atoms with Crippen LogP contribution in [0.5, 0.6) is 0 Å². The topological polar surface area (TPSA) is 29.9 Å². The van der Waals surface area contributed by atoms with Gasteiger partial charge >= 0.3 is 0 Å². The van der Waals surface area contributed by atoms with Crippen LogP contribution < -0.4 is 5.32 Å². The number of aryl methyl sites for hydroxylation is 2. The van der Waals surface area contributed by atoms with E-state index in [1.165, 1.54) is 18.9 Å². The number of benzene rings is 1. The van der Waals surface area contributed by atoms with Gasteiger partial charge in [0.15, 0.2) is 0 Å². The van der Waals surface area contributed by atoms with E-state index in [4.69, 9.17) is 0 Å². The molecule has 1 N–H and O–H groups in total. The molecule has 1 aliphatic rings. The van der Waals surface area contributed by atoms with Gasteiger partial charge in [-0.2, -0.15) is 0 Å². The number of hydrogen-bond acceptors (Lipinski definition) is 2. The van der Waals surface area contributed by atoms with Gasteiger partial charge in [0.2, 0.25) is 0 Å². The Morgan fingerprint density at radius 3 is 2.90 bits per heavy atom. The lowest BCUT2D eigenvalue weighted by molar-refractivity contribution is 0.611. The summed E-state index contributed by atoms with van der Waals surface area (Å²) in [5.74, 6) is 0.794. The summed E-state index contributed by atoms with van der Waals surface area (Å²) in [6.45, 7) is 5.52. The highest BCUT2D eigenvalue weighted by atomic mass is 19.1. The van der Waals surface area contributed by atoms with Gasteiger partial charge in [0.25, 0.3) is 0 Å². The van der Waals surface area contributed by atoms with Crippen LogP contribution in [-0.2, 0) is 13.1 Å². The Hall–Kier alpha value is -1.68. The molecule has 0 radical (unpaired) electrons. The van der Waals surface area contributed by atoms with Gasteiger partial charge in [0.05, 0.1) is 5.69 Å². The molecular formula is C16H20FN3. The summed E-state index contributed by atoms with van der Waals surface area (Å²) in [4.78, 5) is 4.39. The minimum absolute atomic E-state index is 0.180. The lowest BCUT2D eigenvalue weighted by atomic mass is 10.1. The number of halogens is 1. The maximum Gasteiger partial charge on any atom is 0.123 e. The van der Waals surface area contributed by atoms with Gasteiger partial charge in [-0.25, -0.2) is 9.37 Å². The normalized spacial score (nSPS) is 14.8. The first-order chi connectivity index (χ1) is 9.63. The number of hydrogen-bond donors (Lipinski definition) is 1. The molecule has 0 bridgehead atoms. The van der Waals surface area contributed by atoms with Crippen molar-refractivity contribution in [3.05, 3.63) is 52.9 Å². The molecule has 0 saturated heterocycles. The molecule has 0 spiro atoms. The molecule has 4 heteroatoms. The van der Waals surface area contributed by atoms with Crippen LogP contribution in [0.3, 0.4) is 0 Å². The predicted octanol–water partition coefficient (Wildman–Crippen LogP) is 2.94. The summed E-state index contributed by atoms with van der Waals surface area (Å²) in [6, 6.07) is 5.63. The summed E-state index contributed by atoms with van der Waals surface area (Å²) in [5.41, 5.74) is 3.29. The van der Waals surface area contributed by atoms with Gasteiger partial charge in [-0.1, -0.05) is 6.07 Å². The maximum absolute atomic E-state index is 13.4. The quantitative estimate of drug-likeness (QED) is 0.907. The first-order valence-corrected chi connectivity index (χ1v) is 7.13. The summed E-state index contributed by atoms with van der Waals surface area (Å²) < 4.78 is 15.6. The Kier molecular flexibility index (Phi) is 3.57. The minimum Gasteiger partial charge on any atom is -0.327 e. The number of rotatable bonds is 5. The number of nitrogens with zero attached hydrogens (tertiary/aromatic N) is 2. The van der Waals surface area contributed by atoms with Crippen LogP contribution in [0, 0.1) is 19.7 Å². The van der Waals surface area contributed by atoms with Gasteiger partial charge < -0.3 is 9.88 Å². The van der Waals surface area contributed by atoms with Crippen LogP contribution in [0.1, 0.15) is 35.5 Å². The number of imidazole rings is 1. The third-order valence-corrected chi connectivity index (χ3v) is 3.93. The van der Waals surface area contributed by atoms with E-state index >= 15 is 0 Å². The first-order valence-electron chi connectivity index (χ1n) is 7.13. The zero-order valence-electron chi connectivity index (χ0n) is 12.0. The minimum atomic E-state index is -0.180. The van der Waals surface area contributed by atoms with Crippen LogP contribution in [0.2, 0.25) is 0 Å². The van der Waals surface area contributed by atoms with E-state index < -0.39 is 0 Å². The van der Waals surface area contributed by atoms with E-state index in [1.54, 1.807) is 6.07 Å². The Bertz CT molecular complexity index is 614. The molecule has 1 saturated carbocycles. The Balaban J connectivity index is 1.81. The monoisotopic (exact) mass is 273 g/mol. The molecule has 0 unspecified atom stereocenters. The van der Waals surface area contributed by atoms with Crippen LogP contribution in [0.25, 0.3) is 0 Å². The predicted molar refractivity (Wildman–Crippen MR) is 77.1 cm³/mol. The summed E-state index contributed by atoms with van der Waals surface area (Å²) in [5, 5.41) is 3.50. The fraction of sp³-hybridized carbons (Fsp3) is 0.438. The number of aromatic nitrogens is 2. The van der Waals surface area contributed by atoms with Crippen LogP contribution in [0.15, 0.2) is 24.4 Å². The molecule has 20 heavy (non-hydrogen) atoms. The van der Waals surface area contributed by atoms with E-state index in [2.05, 4.69) is 14.9 Å². The second-order valence-corrected chi connectivity index (χ2v) is 5.61. The molecule has 2 aromatic rings. The van der Waals surface area contributed by atoms with Gasteiger partial charge in [-0.3, -0.25) is 0 Å². The van der Waals surface area contributed by atoms with Gasteiger partial charge in [0, 0.05) is 25.3 Å². The largest absolute Gasteiger partial charge is 0.327 e. The lowest BCUT2D eigenvalue weighted by Crippen LogP contribution is -2.19. The molecule has 3 rings (SSSR count). The Morgan fingerprint density at radius 1 is 1.35 bits per heavy atom. The third kappa shape index (κ3) is 2.90. The highest BCUT2D eigenvalue weighted by Crippen LogP contribution is 2.20. The Labute approximate surface area is 118 Å². The molecule has 1 fully saturated rings. The molecular weight excluding hydrogens is 253 g/mol. The second kappa shape index (κ2) is 5.37. The highest BCUT2D eigenvalue weighted by Gasteiger charge is 2.21. The van der Waals surface area contributed by atoms with Gasteiger partial charge in [-0.05, 0) is 49.9 Å². The van der Waals surface area contributed by atoms with Crippen LogP contribution in [-0.4, -0.2) is 15.6 Å². The molecule has 106 valence electrons. The standard InChI is InChI=1S/C16H20FN3/c1-11-3-4-14(17)7-13(11)10-20-12(2)18-8-16(20)9-19-15-5-6-15/h3-4,7-8,15,19H,5-6,9-10H2,1-2H3. The molecule has 1 aliphatic carbocycles. The zero-order valence-corrected chi connectivity index (χ0v) is 12.0. The summed E-state index contributed by atoms with van der Waals surface area (Å²) in [7, 11) is 0. The van der Waals surface area contributed by atoms with E-state index in [0.29, 0.717) is 12.6 Å². The van der Waals surface area contributed by atoms with Crippen LogP contribution >= 0.6 is 0 Å². The van der Waals surface area contributed by atoms with Gasteiger partial charge in [0.1, 0.15) is 11.6 Å². The van der Waals surface area contributed by atoms with Gasteiger partial charge in [-0.15, -0.1) is 0 Å². The van der Waals surface area contributed by atoms with Crippen molar-refractivity contribution in [3.8, 4) is 0 Å². The lowest BCUT2D eigenvalue weighted by Gasteiger charge is -2.13. The van der Waals surface area contributed by atoms with Crippen molar-refractivity contribution in [3.63, 3.8) is 0 Å². The van der Waals surface area contributed by atoms with Crippen LogP contribution in [0.4, 0.5) is 4.39 Å². The highest BCUT2D eigenvalue weighted by molar-refractivity contribution is 5.27. The van der Waals surface area contributed by atoms with Crippen molar-refractivity contribution >= 4 is 0 Å². The van der Waals surface area contributed by atoms with E-state index in [0.717, 1.165) is 29.2 Å². The van der Waals surface area contributed by atoms with Crippen molar-refractivity contribution in [2.75, 3.05) is 0 Å². The molecule has 1 aromatic heterocycles. The first kappa shape index (κ1) is 13.3. The van der Waals surface area contributed by atoms with Crippen molar-refractivity contribution in [2.24, 2.45) is 0 Å². The summed E-state index contributed by atoms with van der Waals surface area (Å²) in [6.07, 6.45) is 4.46. The molecule has 1 heterocycles. The van der Waals surface area contributed by atoms with E-state index in [-0.39, 0.29) is 5.82 Å². The second-order valence-electron chi connectivity index (χ2n) is 5.61.